The summed E-state index contributed by atoms with van der Waals surface area (Å²) in [4.78, 5) is 14.8. The second-order valence-electron chi connectivity index (χ2n) is 7.70. The Morgan fingerprint density at radius 1 is 1.19 bits per heavy atom. The molecule has 2 aromatic heterocycles. The molecule has 0 saturated carbocycles. The van der Waals surface area contributed by atoms with Crippen LogP contribution in [0, 0.1) is 6.92 Å². The Bertz CT molecular complexity index is 1170. The normalized spacial score (nSPS) is 14.6. The average Bonchev–Trinajstić information content (AvgIpc) is 3.41. The van der Waals surface area contributed by atoms with Crippen LogP contribution in [0.5, 0.6) is 0 Å². The van der Waals surface area contributed by atoms with E-state index in [0.29, 0.717) is 30.0 Å². The van der Waals surface area contributed by atoms with E-state index in [1.54, 1.807) is 24.0 Å². The summed E-state index contributed by atoms with van der Waals surface area (Å²) in [5.41, 5.74) is 2.35. The molecule has 1 aromatic carbocycles. The highest BCUT2D eigenvalue weighted by atomic mass is 32.2. The lowest BCUT2D eigenvalue weighted by Gasteiger charge is -2.26. The Morgan fingerprint density at radius 2 is 1.90 bits per heavy atom. The highest BCUT2D eigenvalue weighted by Gasteiger charge is 2.27. The van der Waals surface area contributed by atoms with Crippen LogP contribution >= 0.6 is 0 Å². The van der Waals surface area contributed by atoms with Crippen molar-refractivity contribution < 1.29 is 17.6 Å². The maximum Gasteiger partial charge on any atom is 0.265 e. The number of aromatic amines is 1. The van der Waals surface area contributed by atoms with Gasteiger partial charge in [-0.1, -0.05) is 19.1 Å². The largest absolute Gasteiger partial charge is 0.458 e. The maximum absolute atomic E-state index is 13.0. The van der Waals surface area contributed by atoms with Crippen molar-refractivity contribution in [1.29, 1.82) is 0 Å². The summed E-state index contributed by atoms with van der Waals surface area (Å²) in [6, 6.07) is 8.66. The number of anilines is 1. The van der Waals surface area contributed by atoms with Crippen molar-refractivity contribution in [1.82, 2.24) is 15.1 Å². The van der Waals surface area contributed by atoms with Gasteiger partial charge in [-0.25, -0.2) is 8.42 Å². The number of sulfonamides is 1. The lowest BCUT2D eigenvalue weighted by atomic mass is 10.1. The predicted octanol–water partition coefficient (Wildman–Crippen LogP) is 3.97. The molecule has 1 aliphatic rings. The zero-order valence-electron chi connectivity index (χ0n) is 17.6. The number of aromatic nitrogens is 2. The van der Waals surface area contributed by atoms with Gasteiger partial charge in [0, 0.05) is 24.8 Å². The number of nitrogens with one attached hydrogen (secondary N) is 2. The van der Waals surface area contributed by atoms with E-state index < -0.39 is 10.0 Å². The molecule has 1 amide bonds. The number of aryl methyl sites for hydroxylation is 2. The van der Waals surface area contributed by atoms with Crippen LogP contribution < -0.4 is 4.72 Å². The van der Waals surface area contributed by atoms with Crippen LogP contribution in [0.3, 0.4) is 0 Å². The molecule has 0 radical (unpaired) electrons. The van der Waals surface area contributed by atoms with Crippen LogP contribution in [-0.4, -0.2) is 42.5 Å². The van der Waals surface area contributed by atoms with Gasteiger partial charge >= 0.3 is 0 Å². The summed E-state index contributed by atoms with van der Waals surface area (Å²) in [5, 5.41) is 6.79. The zero-order valence-corrected chi connectivity index (χ0v) is 18.5. The first-order valence-electron chi connectivity index (χ1n) is 10.4. The number of hydrogen-bond acceptors (Lipinski definition) is 5. The standard InChI is InChI=1S/C22H26N4O4S/c1-3-16-7-9-17(10-8-16)25-31(28,29)20-13-19(30-15(20)2)21-18(14-23-24-21)22(27)26-11-5-4-6-12-26/h7-10,13-14,25H,3-6,11-12H2,1-2H3,(H,23,24). The quantitative estimate of drug-likeness (QED) is 0.601. The number of carbonyl (C=O) groups is 1. The molecule has 0 atom stereocenters. The van der Waals surface area contributed by atoms with Gasteiger partial charge in [0.15, 0.2) is 5.76 Å². The topological polar surface area (TPSA) is 108 Å². The molecule has 3 aromatic rings. The number of furan rings is 1. The number of rotatable bonds is 6. The fourth-order valence-electron chi connectivity index (χ4n) is 3.78. The summed E-state index contributed by atoms with van der Waals surface area (Å²) < 4.78 is 34.2. The fourth-order valence-corrected chi connectivity index (χ4v) is 5.02. The van der Waals surface area contributed by atoms with Crippen LogP contribution in [0.4, 0.5) is 5.69 Å². The van der Waals surface area contributed by atoms with E-state index in [-0.39, 0.29) is 22.3 Å². The van der Waals surface area contributed by atoms with Gasteiger partial charge in [-0.3, -0.25) is 14.6 Å². The third kappa shape index (κ3) is 4.36. The van der Waals surface area contributed by atoms with Crippen molar-refractivity contribution in [3.05, 3.63) is 53.4 Å². The van der Waals surface area contributed by atoms with Crippen molar-refractivity contribution in [2.45, 2.75) is 44.4 Å². The molecule has 1 saturated heterocycles. The molecule has 31 heavy (non-hydrogen) atoms. The molecule has 2 N–H and O–H groups in total. The molecule has 8 nitrogen and oxygen atoms in total. The summed E-state index contributed by atoms with van der Waals surface area (Å²) in [6.45, 7) is 5.04. The molecule has 9 heteroatoms. The van der Waals surface area contributed by atoms with Crippen LogP contribution in [0.15, 0.2) is 45.8 Å². The number of benzene rings is 1. The Kier molecular flexibility index (Phi) is 5.86. The van der Waals surface area contributed by atoms with Gasteiger partial charge in [-0.05, 0) is 50.3 Å². The van der Waals surface area contributed by atoms with Gasteiger partial charge in [-0.15, -0.1) is 0 Å². The van der Waals surface area contributed by atoms with Gasteiger partial charge in [0.05, 0.1) is 11.8 Å². The van der Waals surface area contributed by atoms with Gasteiger partial charge < -0.3 is 9.32 Å². The Labute approximate surface area is 181 Å². The van der Waals surface area contributed by atoms with E-state index >= 15 is 0 Å². The lowest BCUT2D eigenvalue weighted by Crippen LogP contribution is -2.35. The first-order valence-corrected chi connectivity index (χ1v) is 11.9. The van der Waals surface area contributed by atoms with Crippen molar-refractivity contribution in [2.24, 2.45) is 0 Å². The second kappa shape index (κ2) is 8.58. The first-order chi connectivity index (χ1) is 14.9. The summed E-state index contributed by atoms with van der Waals surface area (Å²) in [5.74, 6) is 0.367. The number of amides is 1. The monoisotopic (exact) mass is 442 g/mol. The maximum atomic E-state index is 13.0. The van der Waals surface area contributed by atoms with Crippen molar-refractivity contribution in [2.75, 3.05) is 17.8 Å². The van der Waals surface area contributed by atoms with Crippen molar-refractivity contribution in [3.8, 4) is 11.5 Å². The molecule has 0 spiro atoms. The smallest absolute Gasteiger partial charge is 0.265 e. The first kappa shape index (κ1) is 21.2. The molecule has 164 valence electrons. The van der Waals surface area contributed by atoms with Crippen molar-refractivity contribution in [3.63, 3.8) is 0 Å². The molecule has 1 fully saturated rings. The van der Waals surface area contributed by atoms with E-state index in [0.717, 1.165) is 31.2 Å². The number of piperidine rings is 1. The highest BCUT2D eigenvalue weighted by molar-refractivity contribution is 7.92. The Balaban J connectivity index is 1.60. The molecule has 0 aliphatic carbocycles. The van der Waals surface area contributed by atoms with Crippen molar-refractivity contribution >= 4 is 21.6 Å². The Morgan fingerprint density at radius 3 is 2.58 bits per heavy atom. The van der Waals surface area contributed by atoms with E-state index in [1.165, 1.54) is 12.3 Å². The Hall–Kier alpha value is -3.07. The predicted molar refractivity (Wildman–Crippen MR) is 117 cm³/mol. The number of nitrogens with zero attached hydrogens (tertiary/aromatic N) is 2. The van der Waals surface area contributed by atoms with E-state index in [9.17, 15) is 13.2 Å². The van der Waals surface area contributed by atoms with E-state index in [1.807, 2.05) is 19.1 Å². The minimum atomic E-state index is -3.86. The fraction of sp³-hybridized carbons (Fsp3) is 0.364. The number of hydrogen-bond donors (Lipinski definition) is 2. The van der Waals surface area contributed by atoms with E-state index in [2.05, 4.69) is 14.9 Å². The van der Waals surface area contributed by atoms with Gasteiger partial charge in [0.1, 0.15) is 16.3 Å². The summed E-state index contributed by atoms with van der Waals surface area (Å²) >= 11 is 0. The lowest BCUT2D eigenvalue weighted by molar-refractivity contribution is 0.0725. The molecule has 0 bridgehead atoms. The number of H-pyrrole nitrogens is 1. The number of likely N-dealkylation sites (tertiary alicyclic amines) is 1. The zero-order chi connectivity index (χ0) is 22.0. The van der Waals surface area contributed by atoms with Gasteiger partial charge in [0.2, 0.25) is 0 Å². The minimum Gasteiger partial charge on any atom is -0.458 e. The van der Waals surface area contributed by atoms with Crippen LogP contribution in [0.1, 0.15) is 47.9 Å². The highest BCUT2D eigenvalue weighted by Crippen LogP contribution is 2.31. The molecule has 3 heterocycles. The molecule has 1 aliphatic heterocycles. The SMILES string of the molecule is CCc1ccc(NS(=O)(=O)c2cc(-c3[nH]ncc3C(=O)N3CCCCC3)oc2C)cc1. The van der Waals surface area contributed by atoms with Crippen LogP contribution in [0.25, 0.3) is 11.5 Å². The third-order valence-corrected chi connectivity index (χ3v) is 7.02. The number of carbonyl (C=O) groups excluding carboxylic acids is 1. The molecule has 0 unspecified atom stereocenters. The summed E-state index contributed by atoms with van der Waals surface area (Å²) in [6.07, 6.45) is 5.42. The summed E-state index contributed by atoms with van der Waals surface area (Å²) in [7, 11) is -3.86. The second-order valence-corrected chi connectivity index (χ2v) is 9.35. The molecule has 4 rings (SSSR count). The van der Waals surface area contributed by atoms with E-state index in [4.69, 9.17) is 4.42 Å². The third-order valence-electron chi connectivity index (χ3n) is 5.54. The molecular formula is C22H26N4O4S. The average molecular weight is 443 g/mol. The van der Waals surface area contributed by atoms with Crippen LogP contribution in [-0.2, 0) is 16.4 Å². The van der Waals surface area contributed by atoms with Gasteiger partial charge in [-0.2, -0.15) is 5.10 Å². The molecular weight excluding hydrogens is 416 g/mol. The minimum absolute atomic E-state index is 0.0213. The van der Waals surface area contributed by atoms with Gasteiger partial charge in [0.25, 0.3) is 15.9 Å². The van der Waals surface area contributed by atoms with Crippen LogP contribution in [0.2, 0.25) is 0 Å².